The maximum atomic E-state index is 11.9. The van der Waals surface area contributed by atoms with Crippen molar-refractivity contribution in [2.75, 3.05) is 12.4 Å². The van der Waals surface area contributed by atoms with Crippen LogP contribution >= 0.6 is 11.8 Å². The smallest absolute Gasteiger partial charge is 0.422 e. The molecule has 0 saturated heterocycles. The summed E-state index contributed by atoms with van der Waals surface area (Å²) in [5, 5.41) is 0.0537. The van der Waals surface area contributed by atoms with Crippen LogP contribution in [0.2, 0.25) is 0 Å². The second-order valence-corrected chi connectivity index (χ2v) is 5.09. The highest BCUT2D eigenvalue weighted by atomic mass is 32.2. The Kier molecular flexibility index (Phi) is 6.46. The Balaban J connectivity index is 2.42. The Morgan fingerprint density at radius 3 is 2.50 bits per heavy atom. The van der Waals surface area contributed by atoms with Crippen molar-refractivity contribution >= 4 is 16.9 Å². The van der Waals surface area contributed by atoms with E-state index in [2.05, 4.69) is 16.6 Å². The van der Waals surface area contributed by atoms with E-state index in [4.69, 9.17) is 0 Å². The van der Waals surface area contributed by atoms with Crippen molar-refractivity contribution in [1.82, 2.24) is 0 Å². The van der Waals surface area contributed by atoms with Crippen molar-refractivity contribution < 1.29 is 22.7 Å². The molecule has 0 unspecified atom stereocenters. The predicted molar refractivity (Wildman–Crippen MR) is 72.6 cm³/mol. The number of ether oxygens (including phenoxy) is 1. The molecule has 0 aromatic heterocycles. The largest absolute Gasteiger partial charge is 0.484 e. The molecule has 0 spiro atoms. The number of halogens is 3. The molecule has 0 saturated carbocycles. The zero-order chi connectivity index (χ0) is 15.0. The molecular weight excluding hydrogens is 289 g/mol. The van der Waals surface area contributed by atoms with Gasteiger partial charge in [0.2, 0.25) is 0 Å². The van der Waals surface area contributed by atoms with Crippen molar-refractivity contribution in [2.24, 2.45) is 0 Å². The van der Waals surface area contributed by atoms with Gasteiger partial charge in [0.15, 0.2) is 11.7 Å². The van der Waals surface area contributed by atoms with Crippen LogP contribution in [-0.4, -0.2) is 23.7 Å². The lowest BCUT2D eigenvalue weighted by molar-refractivity contribution is -0.153. The molecule has 0 atom stereocenters. The molecule has 0 aliphatic heterocycles. The molecular formula is C14H13F3O2S. The molecule has 0 bridgehead atoms. The Morgan fingerprint density at radius 1 is 1.30 bits per heavy atom. The first-order valence-electron chi connectivity index (χ1n) is 5.79. The van der Waals surface area contributed by atoms with Gasteiger partial charge in [0.25, 0.3) is 0 Å². The van der Waals surface area contributed by atoms with Crippen LogP contribution in [0.3, 0.4) is 0 Å². The maximum absolute atomic E-state index is 11.9. The summed E-state index contributed by atoms with van der Waals surface area (Å²) in [7, 11) is 0. The Hall–Kier alpha value is -1.61. The number of rotatable bonds is 4. The van der Waals surface area contributed by atoms with Gasteiger partial charge >= 0.3 is 6.18 Å². The SMILES string of the molecule is CC(=O)SCCC#Cc1ccc(OCC(F)(F)F)cc1. The summed E-state index contributed by atoms with van der Waals surface area (Å²) in [6.45, 7) is 0.193. The Labute approximate surface area is 119 Å². The minimum absolute atomic E-state index is 0.0537. The lowest BCUT2D eigenvalue weighted by atomic mass is 10.2. The summed E-state index contributed by atoms with van der Waals surface area (Å²) in [5.41, 5.74) is 0.692. The molecule has 0 fully saturated rings. The van der Waals surface area contributed by atoms with Crippen molar-refractivity contribution in [3.63, 3.8) is 0 Å². The van der Waals surface area contributed by atoms with Crippen LogP contribution in [0.15, 0.2) is 24.3 Å². The average Bonchev–Trinajstić information content (AvgIpc) is 2.36. The minimum Gasteiger partial charge on any atom is -0.484 e. The third kappa shape index (κ3) is 7.74. The third-order valence-corrected chi connectivity index (χ3v) is 2.84. The van der Waals surface area contributed by atoms with Crippen LogP contribution in [-0.2, 0) is 4.79 Å². The normalized spacial score (nSPS) is 10.6. The molecule has 1 aromatic carbocycles. The van der Waals surface area contributed by atoms with E-state index in [-0.39, 0.29) is 10.9 Å². The summed E-state index contributed by atoms with van der Waals surface area (Å²) >= 11 is 1.21. The standard InChI is InChI=1S/C14H13F3O2S/c1-11(18)20-9-3-2-4-12-5-7-13(8-6-12)19-10-14(15,16)17/h5-8H,3,9-10H2,1H3. The monoisotopic (exact) mass is 302 g/mol. The molecule has 0 radical (unpaired) electrons. The van der Waals surface area contributed by atoms with E-state index in [0.717, 1.165) is 0 Å². The lowest BCUT2D eigenvalue weighted by Gasteiger charge is -2.08. The molecule has 0 amide bonds. The average molecular weight is 302 g/mol. The predicted octanol–water partition coefficient (Wildman–Crippen LogP) is 3.65. The van der Waals surface area contributed by atoms with Crippen LogP contribution in [0.25, 0.3) is 0 Å². The number of alkyl halides is 3. The highest BCUT2D eigenvalue weighted by Crippen LogP contribution is 2.18. The zero-order valence-electron chi connectivity index (χ0n) is 10.8. The summed E-state index contributed by atoms with van der Waals surface area (Å²) in [6, 6.07) is 6.08. The molecule has 0 N–H and O–H groups in total. The van der Waals surface area contributed by atoms with Gasteiger partial charge in [-0.1, -0.05) is 23.6 Å². The summed E-state index contributed by atoms with van der Waals surface area (Å²) in [6.07, 6.45) is -3.76. The van der Waals surface area contributed by atoms with Gasteiger partial charge in [-0.2, -0.15) is 13.2 Å². The van der Waals surface area contributed by atoms with Gasteiger partial charge in [0.05, 0.1) is 0 Å². The van der Waals surface area contributed by atoms with Crippen molar-refractivity contribution in [3.8, 4) is 17.6 Å². The van der Waals surface area contributed by atoms with Crippen LogP contribution in [0.4, 0.5) is 13.2 Å². The van der Waals surface area contributed by atoms with E-state index in [1.807, 2.05) is 0 Å². The third-order valence-electron chi connectivity index (χ3n) is 2.02. The summed E-state index contributed by atoms with van der Waals surface area (Å²) in [5.74, 6) is 6.54. The van der Waals surface area contributed by atoms with Gasteiger partial charge in [-0.3, -0.25) is 4.79 Å². The van der Waals surface area contributed by atoms with Gasteiger partial charge in [-0.25, -0.2) is 0 Å². The molecule has 0 aliphatic rings. The molecule has 1 rings (SSSR count). The van der Waals surface area contributed by atoms with Crippen LogP contribution in [0.1, 0.15) is 18.9 Å². The first-order valence-corrected chi connectivity index (χ1v) is 6.77. The van der Waals surface area contributed by atoms with Crippen LogP contribution < -0.4 is 4.74 Å². The van der Waals surface area contributed by atoms with E-state index in [9.17, 15) is 18.0 Å². The van der Waals surface area contributed by atoms with Gasteiger partial charge in [0.1, 0.15) is 5.75 Å². The van der Waals surface area contributed by atoms with Crippen LogP contribution in [0.5, 0.6) is 5.75 Å². The molecule has 0 heterocycles. The first-order chi connectivity index (χ1) is 9.37. The zero-order valence-corrected chi connectivity index (χ0v) is 11.6. The van der Waals surface area contributed by atoms with Gasteiger partial charge in [-0.05, 0) is 24.3 Å². The van der Waals surface area contributed by atoms with Crippen molar-refractivity contribution in [1.29, 1.82) is 0 Å². The fourth-order valence-electron chi connectivity index (χ4n) is 1.21. The number of hydrogen-bond acceptors (Lipinski definition) is 3. The quantitative estimate of drug-likeness (QED) is 0.627. The molecule has 108 valence electrons. The van der Waals surface area contributed by atoms with E-state index in [1.165, 1.54) is 30.8 Å². The Bertz CT molecular complexity index is 498. The van der Waals surface area contributed by atoms with Gasteiger partial charge in [-0.15, -0.1) is 0 Å². The topological polar surface area (TPSA) is 26.3 Å². The molecule has 20 heavy (non-hydrogen) atoms. The maximum Gasteiger partial charge on any atom is 0.422 e. The van der Waals surface area contributed by atoms with E-state index >= 15 is 0 Å². The van der Waals surface area contributed by atoms with E-state index < -0.39 is 12.8 Å². The minimum atomic E-state index is -4.34. The highest BCUT2D eigenvalue weighted by molar-refractivity contribution is 8.13. The van der Waals surface area contributed by atoms with Gasteiger partial charge < -0.3 is 4.74 Å². The molecule has 1 aromatic rings. The fraction of sp³-hybridized carbons (Fsp3) is 0.357. The Morgan fingerprint density at radius 2 is 1.95 bits per heavy atom. The highest BCUT2D eigenvalue weighted by Gasteiger charge is 2.28. The van der Waals surface area contributed by atoms with Gasteiger partial charge in [0, 0.05) is 24.7 Å². The fourth-order valence-corrected chi connectivity index (χ4v) is 1.70. The number of carbonyl (C=O) groups excluding carboxylic acids is 1. The van der Waals surface area contributed by atoms with E-state index in [0.29, 0.717) is 17.7 Å². The van der Waals surface area contributed by atoms with Crippen molar-refractivity contribution in [2.45, 2.75) is 19.5 Å². The summed E-state index contributed by atoms with van der Waals surface area (Å²) < 4.78 is 40.4. The lowest BCUT2D eigenvalue weighted by Crippen LogP contribution is -2.19. The molecule has 0 aliphatic carbocycles. The van der Waals surface area contributed by atoms with Crippen LogP contribution in [0, 0.1) is 11.8 Å². The second-order valence-electron chi connectivity index (χ2n) is 3.82. The summed E-state index contributed by atoms with van der Waals surface area (Å²) in [4.78, 5) is 10.7. The number of benzene rings is 1. The number of thioether (sulfide) groups is 1. The number of hydrogen-bond donors (Lipinski definition) is 0. The van der Waals surface area contributed by atoms with E-state index in [1.54, 1.807) is 12.1 Å². The molecule has 6 heteroatoms. The number of carbonyl (C=O) groups is 1. The van der Waals surface area contributed by atoms with Crippen molar-refractivity contribution in [3.05, 3.63) is 29.8 Å². The molecule has 2 nitrogen and oxygen atoms in total. The second kappa shape index (κ2) is 7.85. The first kappa shape index (κ1) is 16.4.